The maximum Gasteiger partial charge on any atom is 0.293 e. The van der Waals surface area contributed by atoms with Crippen LogP contribution in [0.25, 0.3) is 0 Å². The van der Waals surface area contributed by atoms with E-state index in [1.54, 1.807) is 0 Å². The van der Waals surface area contributed by atoms with Gasteiger partial charge < -0.3 is 14.9 Å². The molecule has 0 radical (unpaired) electrons. The van der Waals surface area contributed by atoms with E-state index in [4.69, 9.17) is 10.2 Å². The van der Waals surface area contributed by atoms with Gasteiger partial charge in [-0.15, -0.1) is 0 Å². The number of aliphatic hydroxyl groups excluding tert-OH is 2. The molecular weight excluding hydrogens is 184 g/mol. The Morgan fingerprint density at radius 3 is 2.43 bits per heavy atom. The highest BCUT2D eigenvalue weighted by Gasteiger charge is 1.89. The predicted molar refractivity (Wildman–Crippen MR) is 55.0 cm³/mol. The summed E-state index contributed by atoms with van der Waals surface area (Å²) in [7, 11) is 0. The fourth-order valence-electron chi connectivity index (χ4n) is 0.547. The van der Waals surface area contributed by atoms with E-state index in [0.717, 1.165) is 31.1 Å². The fourth-order valence-corrected chi connectivity index (χ4v) is 0.547. The number of carbonyl (C=O) groups excluding carboxylic acids is 1. The normalized spacial score (nSPS) is 10.1. The van der Waals surface area contributed by atoms with Gasteiger partial charge in [-0.3, -0.25) is 4.79 Å². The summed E-state index contributed by atoms with van der Waals surface area (Å²) in [5.41, 5.74) is 0.898. The summed E-state index contributed by atoms with van der Waals surface area (Å²) in [6.45, 7) is 4.92. The number of ether oxygens (including phenoxy) is 1. The first-order valence-electron chi connectivity index (χ1n) is 4.68. The maximum atomic E-state index is 9.63. The van der Waals surface area contributed by atoms with Crippen LogP contribution in [0.3, 0.4) is 0 Å². The van der Waals surface area contributed by atoms with Crippen LogP contribution in [0.4, 0.5) is 0 Å². The Bertz CT molecular complexity index is 141. The summed E-state index contributed by atoms with van der Waals surface area (Å²) in [6.07, 6.45) is 3.48. The molecule has 0 saturated carbocycles. The lowest BCUT2D eigenvalue weighted by Gasteiger charge is -1.97. The van der Waals surface area contributed by atoms with Crippen molar-refractivity contribution >= 4 is 6.47 Å². The molecule has 4 heteroatoms. The Balaban J connectivity index is 0. The van der Waals surface area contributed by atoms with E-state index in [1.165, 1.54) is 0 Å². The Morgan fingerprint density at radius 2 is 2.07 bits per heavy atom. The third kappa shape index (κ3) is 17.2. The second-order valence-corrected chi connectivity index (χ2v) is 2.77. The molecule has 0 aliphatic carbocycles. The average Bonchev–Trinajstić information content (AvgIpc) is 2.24. The number of rotatable bonds is 6. The molecule has 0 aliphatic rings. The zero-order valence-corrected chi connectivity index (χ0v) is 8.90. The molecule has 0 atom stereocenters. The van der Waals surface area contributed by atoms with Crippen LogP contribution >= 0.6 is 0 Å². The van der Waals surface area contributed by atoms with E-state index in [-0.39, 0.29) is 0 Å². The van der Waals surface area contributed by atoms with Crippen molar-refractivity contribution in [1.29, 1.82) is 0 Å². The third-order valence-corrected chi connectivity index (χ3v) is 1.35. The molecule has 4 nitrogen and oxygen atoms in total. The van der Waals surface area contributed by atoms with Crippen molar-refractivity contribution in [1.82, 2.24) is 0 Å². The Labute approximate surface area is 85.2 Å². The van der Waals surface area contributed by atoms with Gasteiger partial charge in [0.1, 0.15) is 0 Å². The SMILES string of the molecule is CC(=CO)CCCOC=O.CCCO. The van der Waals surface area contributed by atoms with Crippen LogP contribution in [0.1, 0.15) is 33.1 Å². The zero-order valence-electron chi connectivity index (χ0n) is 8.90. The van der Waals surface area contributed by atoms with Crippen LogP contribution in [0, 0.1) is 0 Å². The van der Waals surface area contributed by atoms with Crippen LogP contribution in [-0.4, -0.2) is 29.9 Å². The van der Waals surface area contributed by atoms with Crippen LogP contribution < -0.4 is 0 Å². The standard InChI is InChI=1S/C7H12O3.C3H8O/c1-7(5-8)3-2-4-10-6-9;1-2-3-4/h5-6,8H,2-4H2,1H3;4H,2-3H2,1H3. The molecule has 0 aliphatic heterocycles. The summed E-state index contributed by atoms with van der Waals surface area (Å²) < 4.78 is 4.44. The van der Waals surface area contributed by atoms with Crippen molar-refractivity contribution in [2.45, 2.75) is 33.1 Å². The van der Waals surface area contributed by atoms with Gasteiger partial charge in [0.2, 0.25) is 0 Å². The van der Waals surface area contributed by atoms with Gasteiger partial charge >= 0.3 is 0 Å². The zero-order chi connectivity index (χ0) is 11.2. The number of hydrogen-bond acceptors (Lipinski definition) is 4. The van der Waals surface area contributed by atoms with Gasteiger partial charge in [0.15, 0.2) is 0 Å². The molecule has 0 aromatic carbocycles. The van der Waals surface area contributed by atoms with Crippen LogP contribution in [0.15, 0.2) is 11.8 Å². The number of aliphatic hydroxyl groups is 2. The van der Waals surface area contributed by atoms with Crippen LogP contribution in [0.5, 0.6) is 0 Å². The van der Waals surface area contributed by atoms with E-state index in [0.29, 0.717) is 19.7 Å². The number of carbonyl (C=O) groups is 1. The van der Waals surface area contributed by atoms with Crippen molar-refractivity contribution in [2.75, 3.05) is 13.2 Å². The van der Waals surface area contributed by atoms with Gasteiger partial charge in [-0.25, -0.2) is 0 Å². The Hall–Kier alpha value is -1.03. The van der Waals surface area contributed by atoms with Gasteiger partial charge in [0, 0.05) is 6.61 Å². The highest BCUT2D eigenvalue weighted by atomic mass is 16.5. The smallest absolute Gasteiger partial charge is 0.293 e. The second-order valence-electron chi connectivity index (χ2n) is 2.77. The van der Waals surface area contributed by atoms with Gasteiger partial charge in [0.05, 0.1) is 12.9 Å². The van der Waals surface area contributed by atoms with E-state index in [9.17, 15) is 4.79 Å². The number of hydrogen-bond donors (Lipinski definition) is 2. The molecule has 0 spiro atoms. The quantitative estimate of drug-likeness (QED) is 0.393. The monoisotopic (exact) mass is 204 g/mol. The minimum atomic E-state index is 0.319. The summed E-state index contributed by atoms with van der Waals surface area (Å²) >= 11 is 0. The van der Waals surface area contributed by atoms with Crippen LogP contribution in [0.2, 0.25) is 0 Å². The molecule has 0 aromatic rings. The first-order valence-corrected chi connectivity index (χ1v) is 4.68. The van der Waals surface area contributed by atoms with Gasteiger partial charge in [0.25, 0.3) is 6.47 Å². The van der Waals surface area contributed by atoms with E-state index >= 15 is 0 Å². The molecule has 14 heavy (non-hydrogen) atoms. The molecule has 0 amide bonds. The lowest BCUT2D eigenvalue weighted by Crippen LogP contribution is -1.91. The molecule has 0 rings (SSSR count). The van der Waals surface area contributed by atoms with Crippen molar-refractivity contribution in [3.63, 3.8) is 0 Å². The summed E-state index contributed by atoms with van der Waals surface area (Å²) in [4.78, 5) is 9.63. The lowest BCUT2D eigenvalue weighted by atomic mass is 10.2. The molecule has 0 saturated heterocycles. The molecule has 0 fully saturated rings. The largest absolute Gasteiger partial charge is 0.516 e. The summed E-state index contributed by atoms with van der Waals surface area (Å²) in [6, 6.07) is 0. The third-order valence-electron chi connectivity index (χ3n) is 1.35. The lowest BCUT2D eigenvalue weighted by molar-refractivity contribution is -0.128. The van der Waals surface area contributed by atoms with Gasteiger partial charge in [-0.1, -0.05) is 6.92 Å². The van der Waals surface area contributed by atoms with E-state index in [2.05, 4.69) is 4.74 Å². The Morgan fingerprint density at radius 1 is 1.50 bits per heavy atom. The molecule has 84 valence electrons. The minimum Gasteiger partial charge on any atom is -0.516 e. The maximum absolute atomic E-state index is 9.63. The van der Waals surface area contributed by atoms with Crippen LogP contribution in [-0.2, 0) is 9.53 Å². The molecule has 0 unspecified atom stereocenters. The van der Waals surface area contributed by atoms with E-state index in [1.807, 2.05) is 13.8 Å². The van der Waals surface area contributed by atoms with Crippen molar-refractivity contribution < 1.29 is 19.7 Å². The second kappa shape index (κ2) is 14.5. The topological polar surface area (TPSA) is 66.8 Å². The van der Waals surface area contributed by atoms with Gasteiger partial charge in [-0.2, -0.15) is 0 Å². The summed E-state index contributed by atoms with van der Waals surface area (Å²) in [5, 5.41) is 16.3. The highest BCUT2D eigenvalue weighted by Crippen LogP contribution is 2.01. The van der Waals surface area contributed by atoms with Crippen molar-refractivity contribution in [3.05, 3.63) is 11.8 Å². The van der Waals surface area contributed by atoms with Crippen molar-refractivity contribution in [2.24, 2.45) is 0 Å². The molecule has 0 heterocycles. The minimum absolute atomic E-state index is 0.319. The molecule has 0 aromatic heterocycles. The molecule has 2 N–H and O–H groups in total. The fraction of sp³-hybridized carbons (Fsp3) is 0.700. The van der Waals surface area contributed by atoms with Crippen molar-refractivity contribution in [3.8, 4) is 0 Å². The Kier molecular flexibility index (Phi) is 16.0. The van der Waals surface area contributed by atoms with E-state index < -0.39 is 0 Å². The molecule has 0 bridgehead atoms. The highest BCUT2D eigenvalue weighted by molar-refractivity contribution is 5.36. The first-order chi connectivity index (χ1) is 6.72. The van der Waals surface area contributed by atoms with Gasteiger partial charge in [-0.05, 0) is 31.8 Å². The molecular formula is C10H20O4. The predicted octanol–water partition coefficient (Wildman–Crippen LogP) is 1.79. The summed E-state index contributed by atoms with van der Waals surface area (Å²) in [5.74, 6) is 0. The average molecular weight is 204 g/mol. The first kappa shape index (κ1) is 15.4. The number of allylic oxidation sites excluding steroid dienone is 1.